The normalized spacial score (nSPS) is 20.8. The molecule has 0 aromatic heterocycles. The first-order valence-electron chi connectivity index (χ1n) is 12.1. The molecule has 0 spiro atoms. The number of likely N-dealkylation sites (N-methyl/N-ethyl adjacent to an activating group) is 1. The van der Waals surface area contributed by atoms with Crippen molar-refractivity contribution in [2.75, 3.05) is 52.2 Å². The van der Waals surface area contributed by atoms with E-state index in [4.69, 9.17) is 0 Å². The molecule has 2 aromatic carbocycles. The van der Waals surface area contributed by atoms with Gasteiger partial charge in [0.2, 0.25) is 0 Å². The summed E-state index contributed by atoms with van der Waals surface area (Å²) in [7, 11) is 6.48. The van der Waals surface area contributed by atoms with Crippen molar-refractivity contribution >= 4 is 5.69 Å². The summed E-state index contributed by atoms with van der Waals surface area (Å²) >= 11 is 0. The summed E-state index contributed by atoms with van der Waals surface area (Å²) < 4.78 is 0. The average molecular weight is 440 g/mol. The van der Waals surface area contributed by atoms with Crippen molar-refractivity contribution in [3.63, 3.8) is 0 Å². The highest BCUT2D eigenvalue weighted by molar-refractivity contribution is 5.52. The van der Waals surface area contributed by atoms with Gasteiger partial charge in [-0.1, -0.05) is 53.7 Å². The summed E-state index contributed by atoms with van der Waals surface area (Å²) in [6.45, 7) is 17.9. The topological polar surface area (TPSA) is 32.4 Å². The third-order valence-corrected chi connectivity index (χ3v) is 6.98. The number of phenolic OH excluding ortho intramolecular Hbond substituents is 1. The summed E-state index contributed by atoms with van der Waals surface area (Å²) in [4.78, 5) is 5.39. The lowest BCUT2D eigenvalue weighted by Crippen LogP contribution is -3.27. The highest BCUT2D eigenvalue weighted by Gasteiger charge is 2.34. The van der Waals surface area contributed by atoms with E-state index in [9.17, 15) is 5.11 Å². The van der Waals surface area contributed by atoms with Gasteiger partial charge in [0.15, 0.2) is 0 Å². The van der Waals surface area contributed by atoms with Gasteiger partial charge < -0.3 is 19.8 Å². The Morgan fingerprint density at radius 2 is 1.25 bits per heavy atom. The van der Waals surface area contributed by atoms with Crippen molar-refractivity contribution in [1.29, 1.82) is 0 Å². The van der Waals surface area contributed by atoms with Gasteiger partial charge in [-0.05, 0) is 35.1 Å². The van der Waals surface area contributed by atoms with Gasteiger partial charge in [0.1, 0.15) is 38.0 Å². The zero-order valence-corrected chi connectivity index (χ0v) is 21.8. The number of rotatable bonds is 4. The van der Waals surface area contributed by atoms with E-state index >= 15 is 0 Å². The van der Waals surface area contributed by atoms with Crippen LogP contribution in [-0.4, -0.2) is 52.4 Å². The molecule has 32 heavy (non-hydrogen) atoms. The number of nitrogens with one attached hydrogen (secondary N) is 2. The number of phenols is 1. The summed E-state index contributed by atoms with van der Waals surface area (Å²) in [6, 6.07) is 13.9. The van der Waals surface area contributed by atoms with Crippen LogP contribution in [0.5, 0.6) is 5.75 Å². The van der Waals surface area contributed by atoms with E-state index in [0.29, 0.717) is 5.75 Å². The van der Waals surface area contributed by atoms with Gasteiger partial charge in [0, 0.05) is 42.0 Å². The number of hydrogen-bond donors (Lipinski definition) is 3. The minimum atomic E-state index is -0.124. The fourth-order valence-corrected chi connectivity index (χ4v) is 4.88. The van der Waals surface area contributed by atoms with E-state index in [1.54, 1.807) is 9.80 Å². The summed E-state index contributed by atoms with van der Waals surface area (Å²) in [5.74, 6) is 0.466. The largest absolute Gasteiger partial charge is 0.507 e. The van der Waals surface area contributed by atoms with Crippen LogP contribution < -0.4 is 14.7 Å². The number of quaternary nitrogens is 2. The van der Waals surface area contributed by atoms with Crippen LogP contribution in [0.2, 0.25) is 0 Å². The number of anilines is 1. The molecule has 1 atom stereocenters. The van der Waals surface area contributed by atoms with Crippen molar-refractivity contribution in [1.82, 2.24) is 0 Å². The van der Waals surface area contributed by atoms with Crippen molar-refractivity contribution in [2.24, 2.45) is 0 Å². The maximum Gasteiger partial charge on any atom is 0.139 e. The van der Waals surface area contributed by atoms with Crippen molar-refractivity contribution < 1.29 is 14.9 Å². The minimum Gasteiger partial charge on any atom is -0.507 e. The molecule has 1 fully saturated rings. The second kappa shape index (κ2) is 9.07. The predicted octanol–water partition coefficient (Wildman–Crippen LogP) is 2.56. The molecule has 1 unspecified atom stereocenters. The summed E-state index contributed by atoms with van der Waals surface area (Å²) in [5.41, 5.74) is 5.76. The number of hydrogen-bond acceptors (Lipinski definition) is 2. The Bertz CT molecular complexity index is 876. The highest BCUT2D eigenvalue weighted by Crippen LogP contribution is 2.41. The molecule has 0 aliphatic carbocycles. The van der Waals surface area contributed by atoms with Gasteiger partial charge in [0.25, 0.3) is 0 Å². The van der Waals surface area contributed by atoms with Gasteiger partial charge in [-0.2, -0.15) is 0 Å². The Hall–Kier alpha value is -2.04. The third-order valence-electron chi connectivity index (χ3n) is 6.98. The molecular formula is C28H45N3O+2. The molecule has 4 heteroatoms. The molecule has 0 bridgehead atoms. The van der Waals surface area contributed by atoms with Crippen molar-refractivity contribution in [3.05, 3.63) is 58.7 Å². The van der Waals surface area contributed by atoms with E-state index in [-0.39, 0.29) is 16.9 Å². The van der Waals surface area contributed by atoms with Crippen LogP contribution in [0.4, 0.5) is 5.69 Å². The molecule has 3 rings (SSSR count). The lowest BCUT2D eigenvalue weighted by Gasteiger charge is -2.36. The molecular weight excluding hydrogens is 394 g/mol. The quantitative estimate of drug-likeness (QED) is 0.684. The third kappa shape index (κ3) is 5.29. The number of nitrogens with zero attached hydrogens (tertiary/aromatic N) is 1. The Labute approximate surface area is 195 Å². The molecule has 3 N–H and O–H groups in total. The van der Waals surface area contributed by atoms with E-state index in [1.165, 1.54) is 29.9 Å². The fraction of sp³-hybridized carbons (Fsp3) is 0.571. The van der Waals surface area contributed by atoms with Crippen LogP contribution in [0.25, 0.3) is 0 Å². The summed E-state index contributed by atoms with van der Waals surface area (Å²) in [6.07, 6.45) is 0. The maximum absolute atomic E-state index is 11.3. The number of aromatic hydroxyl groups is 1. The fourth-order valence-electron chi connectivity index (χ4n) is 4.88. The molecule has 0 amide bonds. The van der Waals surface area contributed by atoms with Crippen LogP contribution in [-0.2, 0) is 10.8 Å². The standard InChI is InChI=1S/C28H43N3O/c1-27(2,3)23-18-21(19-24(26(23)32)28(4,5)6)25(31-16-14-30(9)15-17-31)20-10-12-22(13-11-20)29(7)8/h10-13,18-19,25,32H,14-17H2,1-9H3/p+2. The lowest BCUT2D eigenvalue weighted by molar-refractivity contribution is -1.02. The Kier molecular flexibility index (Phi) is 6.97. The molecule has 1 heterocycles. The van der Waals surface area contributed by atoms with E-state index in [2.05, 4.69) is 104 Å². The van der Waals surface area contributed by atoms with Crippen LogP contribution in [0.1, 0.15) is 69.8 Å². The molecule has 2 aromatic rings. The van der Waals surface area contributed by atoms with Crippen LogP contribution in [0.3, 0.4) is 0 Å². The first-order chi connectivity index (χ1) is 14.8. The molecule has 1 saturated heterocycles. The Balaban J connectivity index is 2.19. The zero-order chi connectivity index (χ0) is 23.8. The van der Waals surface area contributed by atoms with Gasteiger partial charge in [-0.25, -0.2) is 0 Å². The average Bonchev–Trinajstić information content (AvgIpc) is 2.69. The SMILES string of the molecule is CN(C)c1ccc(C(c2cc(C(C)(C)C)c(O)c(C(C)(C)C)c2)[NH+]2CC[NH+](C)CC2)cc1. The molecule has 0 saturated carbocycles. The molecule has 1 aliphatic heterocycles. The minimum absolute atomic E-state index is 0.124. The Morgan fingerprint density at radius 3 is 1.66 bits per heavy atom. The van der Waals surface area contributed by atoms with E-state index in [1.807, 2.05) is 0 Å². The maximum atomic E-state index is 11.3. The highest BCUT2D eigenvalue weighted by atomic mass is 16.3. The van der Waals surface area contributed by atoms with Crippen LogP contribution in [0.15, 0.2) is 36.4 Å². The second-order valence-electron chi connectivity index (χ2n) is 12.0. The lowest BCUT2D eigenvalue weighted by atomic mass is 9.77. The first-order valence-corrected chi connectivity index (χ1v) is 12.1. The Morgan fingerprint density at radius 1 is 0.781 bits per heavy atom. The van der Waals surface area contributed by atoms with Crippen molar-refractivity contribution in [2.45, 2.75) is 58.4 Å². The summed E-state index contributed by atoms with van der Waals surface area (Å²) in [5, 5.41) is 11.3. The monoisotopic (exact) mass is 439 g/mol. The van der Waals surface area contributed by atoms with E-state index in [0.717, 1.165) is 24.2 Å². The van der Waals surface area contributed by atoms with Gasteiger partial charge in [0.05, 0.1) is 7.05 Å². The molecule has 176 valence electrons. The zero-order valence-electron chi connectivity index (χ0n) is 21.8. The van der Waals surface area contributed by atoms with Crippen molar-refractivity contribution in [3.8, 4) is 5.75 Å². The van der Waals surface area contributed by atoms with Crippen LogP contribution >= 0.6 is 0 Å². The van der Waals surface area contributed by atoms with Crippen LogP contribution in [0, 0.1) is 0 Å². The van der Waals surface area contributed by atoms with Gasteiger partial charge in [-0.3, -0.25) is 0 Å². The molecule has 0 radical (unpaired) electrons. The predicted molar refractivity (Wildman–Crippen MR) is 135 cm³/mol. The number of benzene rings is 2. The van der Waals surface area contributed by atoms with E-state index < -0.39 is 0 Å². The smallest absolute Gasteiger partial charge is 0.139 e. The van der Waals surface area contributed by atoms with Gasteiger partial charge >= 0.3 is 0 Å². The number of piperazine rings is 1. The molecule has 4 nitrogen and oxygen atoms in total. The molecule has 1 aliphatic rings. The second-order valence-corrected chi connectivity index (χ2v) is 12.0. The first kappa shape index (κ1) is 24.6. The van der Waals surface area contributed by atoms with Gasteiger partial charge in [-0.15, -0.1) is 0 Å².